The summed E-state index contributed by atoms with van der Waals surface area (Å²) in [5.74, 6) is 0. The van der Waals surface area contributed by atoms with E-state index in [1.165, 1.54) is 39.8 Å². The molecular formula is C24H30. The lowest BCUT2D eigenvalue weighted by atomic mass is 9.63. The summed E-state index contributed by atoms with van der Waals surface area (Å²) in [7, 11) is 0. The number of benzene rings is 2. The SMILES string of the molecule is CCC1(C)Cc2ccccc2C(c2ccc(C)c(C)c2)=CC1(C)C. The fourth-order valence-electron chi connectivity index (χ4n) is 3.93. The molecule has 0 amide bonds. The molecule has 0 heterocycles. The molecule has 3 rings (SSSR count). The van der Waals surface area contributed by atoms with Crippen LogP contribution in [-0.2, 0) is 6.42 Å². The molecule has 1 aliphatic rings. The topological polar surface area (TPSA) is 0 Å². The third kappa shape index (κ3) is 2.73. The zero-order valence-electron chi connectivity index (χ0n) is 16.0. The number of allylic oxidation sites excluding steroid dienone is 1. The number of hydrogen-bond acceptors (Lipinski definition) is 0. The second-order valence-electron chi connectivity index (χ2n) is 8.33. The summed E-state index contributed by atoms with van der Waals surface area (Å²) in [5.41, 5.74) is 8.78. The van der Waals surface area contributed by atoms with E-state index in [1.807, 2.05) is 0 Å². The first kappa shape index (κ1) is 17.0. The van der Waals surface area contributed by atoms with Gasteiger partial charge in [0.15, 0.2) is 0 Å². The Morgan fingerprint density at radius 2 is 1.62 bits per heavy atom. The van der Waals surface area contributed by atoms with E-state index in [4.69, 9.17) is 0 Å². The molecule has 2 aromatic carbocycles. The number of rotatable bonds is 2. The van der Waals surface area contributed by atoms with Crippen molar-refractivity contribution in [3.05, 3.63) is 76.4 Å². The quantitative estimate of drug-likeness (QED) is 0.575. The predicted octanol–water partition coefficient (Wildman–Crippen LogP) is 6.73. The van der Waals surface area contributed by atoms with Crippen molar-refractivity contribution in [3.63, 3.8) is 0 Å². The van der Waals surface area contributed by atoms with Crippen molar-refractivity contribution in [2.24, 2.45) is 10.8 Å². The highest BCUT2D eigenvalue weighted by Crippen LogP contribution is 2.50. The van der Waals surface area contributed by atoms with Crippen LogP contribution in [0.25, 0.3) is 5.57 Å². The molecule has 1 unspecified atom stereocenters. The van der Waals surface area contributed by atoms with Crippen LogP contribution in [0.15, 0.2) is 48.5 Å². The molecule has 0 radical (unpaired) electrons. The first-order valence-electron chi connectivity index (χ1n) is 9.16. The van der Waals surface area contributed by atoms with Gasteiger partial charge in [0.1, 0.15) is 0 Å². The van der Waals surface area contributed by atoms with Crippen molar-refractivity contribution in [3.8, 4) is 0 Å². The van der Waals surface area contributed by atoms with Gasteiger partial charge in [0.05, 0.1) is 0 Å². The van der Waals surface area contributed by atoms with Gasteiger partial charge in [0, 0.05) is 0 Å². The Labute approximate surface area is 147 Å². The lowest BCUT2D eigenvalue weighted by Gasteiger charge is -2.41. The van der Waals surface area contributed by atoms with Crippen LogP contribution in [0.5, 0.6) is 0 Å². The molecule has 0 spiro atoms. The van der Waals surface area contributed by atoms with E-state index < -0.39 is 0 Å². The summed E-state index contributed by atoms with van der Waals surface area (Å²) >= 11 is 0. The van der Waals surface area contributed by atoms with Crippen LogP contribution in [0, 0.1) is 24.7 Å². The van der Waals surface area contributed by atoms with Gasteiger partial charge in [0.2, 0.25) is 0 Å². The first-order valence-corrected chi connectivity index (χ1v) is 9.16. The predicted molar refractivity (Wildman–Crippen MR) is 105 cm³/mol. The largest absolute Gasteiger partial charge is 0.0698 e. The molecule has 0 N–H and O–H groups in total. The van der Waals surface area contributed by atoms with Gasteiger partial charge in [-0.25, -0.2) is 0 Å². The lowest BCUT2D eigenvalue weighted by Crippen LogP contribution is -2.34. The summed E-state index contributed by atoms with van der Waals surface area (Å²) in [4.78, 5) is 0. The third-order valence-corrected chi connectivity index (χ3v) is 6.55. The molecule has 1 aliphatic carbocycles. The summed E-state index contributed by atoms with van der Waals surface area (Å²) < 4.78 is 0. The van der Waals surface area contributed by atoms with Gasteiger partial charge in [-0.1, -0.05) is 76.2 Å². The molecule has 1 atom stereocenters. The van der Waals surface area contributed by atoms with Crippen LogP contribution in [0.4, 0.5) is 0 Å². The van der Waals surface area contributed by atoms with Crippen LogP contribution in [-0.4, -0.2) is 0 Å². The molecule has 0 bridgehead atoms. The smallest absolute Gasteiger partial charge is 0.0109 e. The van der Waals surface area contributed by atoms with E-state index in [2.05, 4.69) is 90.1 Å². The minimum Gasteiger partial charge on any atom is -0.0698 e. The van der Waals surface area contributed by atoms with Crippen LogP contribution in [0.1, 0.15) is 61.9 Å². The normalized spacial score (nSPS) is 22.5. The minimum absolute atomic E-state index is 0.148. The fourth-order valence-corrected chi connectivity index (χ4v) is 3.93. The zero-order chi connectivity index (χ0) is 17.5. The zero-order valence-corrected chi connectivity index (χ0v) is 16.0. The molecule has 0 saturated heterocycles. The van der Waals surface area contributed by atoms with Crippen LogP contribution in [0.3, 0.4) is 0 Å². The van der Waals surface area contributed by atoms with Gasteiger partial charge >= 0.3 is 0 Å². The summed E-state index contributed by atoms with van der Waals surface area (Å²) in [6.07, 6.45) is 4.86. The molecular weight excluding hydrogens is 288 g/mol. The van der Waals surface area contributed by atoms with Crippen molar-refractivity contribution >= 4 is 5.57 Å². The highest BCUT2D eigenvalue weighted by Gasteiger charge is 2.40. The van der Waals surface area contributed by atoms with Gasteiger partial charge in [-0.05, 0) is 70.9 Å². The molecule has 0 fully saturated rings. The summed E-state index contributed by atoms with van der Waals surface area (Å²) in [6, 6.07) is 15.9. The summed E-state index contributed by atoms with van der Waals surface area (Å²) in [5, 5.41) is 0. The van der Waals surface area contributed by atoms with Crippen molar-refractivity contribution in [1.29, 1.82) is 0 Å². The Morgan fingerprint density at radius 3 is 2.29 bits per heavy atom. The molecule has 0 aliphatic heterocycles. The first-order chi connectivity index (χ1) is 11.3. The van der Waals surface area contributed by atoms with Crippen molar-refractivity contribution in [2.45, 2.75) is 54.4 Å². The van der Waals surface area contributed by atoms with Crippen LogP contribution in [0.2, 0.25) is 0 Å². The molecule has 2 aromatic rings. The highest BCUT2D eigenvalue weighted by molar-refractivity contribution is 5.83. The molecule has 24 heavy (non-hydrogen) atoms. The van der Waals surface area contributed by atoms with Gasteiger partial charge < -0.3 is 0 Å². The maximum atomic E-state index is 2.53. The Bertz CT molecular complexity index is 791. The van der Waals surface area contributed by atoms with E-state index >= 15 is 0 Å². The fraction of sp³-hybridized carbons (Fsp3) is 0.417. The van der Waals surface area contributed by atoms with E-state index in [9.17, 15) is 0 Å². The van der Waals surface area contributed by atoms with E-state index in [1.54, 1.807) is 0 Å². The van der Waals surface area contributed by atoms with Gasteiger partial charge in [-0.15, -0.1) is 0 Å². The number of hydrogen-bond donors (Lipinski definition) is 0. The van der Waals surface area contributed by atoms with Crippen molar-refractivity contribution in [1.82, 2.24) is 0 Å². The van der Waals surface area contributed by atoms with Gasteiger partial charge in [0.25, 0.3) is 0 Å². The Balaban J connectivity index is 2.27. The molecule has 0 aromatic heterocycles. The maximum absolute atomic E-state index is 2.53. The van der Waals surface area contributed by atoms with Crippen LogP contribution < -0.4 is 0 Å². The molecule has 0 heteroatoms. The Kier molecular flexibility index (Phi) is 4.20. The maximum Gasteiger partial charge on any atom is -0.0109 e. The van der Waals surface area contributed by atoms with E-state index in [-0.39, 0.29) is 10.8 Å². The standard InChI is InChI=1S/C24H30/c1-7-24(6)15-20-10-8-9-11-21(20)22(16-23(24,4)5)19-13-12-17(2)18(3)14-19/h8-14,16H,7,15H2,1-6H3. The minimum atomic E-state index is 0.148. The van der Waals surface area contributed by atoms with Crippen LogP contribution >= 0.6 is 0 Å². The average molecular weight is 319 g/mol. The number of fused-ring (bicyclic) bond motifs is 1. The third-order valence-electron chi connectivity index (χ3n) is 6.55. The second-order valence-corrected chi connectivity index (χ2v) is 8.33. The lowest BCUT2D eigenvalue weighted by molar-refractivity contribution is 0.135. The molecule has 0 nitrogen and oxygen atoms in total. The molecule has 0 saturated carbocycles. The van der Waals surface area contributed by atoms with Crippen molar-refractivity contribution < 1.29 is 0 Å². The Morgan fingerprint density at radius 1 is 0.917 bits per heavy atom. The summed E-state index contributed by atoms with van der Waals surface area (Å²) in [6.45, 7) is 14.0. The molecule has 126 valence electrons. The average Bonchev–Trinajstić information content (AvgIpc) is 2.64. The van der Waals surface area contributed by atoms with Crippen molar-refractivity contribution in [2.75, 3.05) is 0 Å². The number of aryl methyl sites for hydroxylation is 2. The Hall–Kier alpha value is -1.82. The van der Waals surface area contributed by atoms with E-state index in [0.29, 0.717) is 0 Å². The highest BCUT2D eigenvalue weighted by atomic mass is 14.4. The van der Waals surface area contributed by atoms with E-state index in [0.717, 1.165) is 6.42 Å². The van der Waals surface area contributed by atoms with Gasteiger partial charge in [-0.3, -0.25) is 0 Å². The second kappa shape index (κ2) is 5.92. The van der Waals surface area contributed by atoms with Gasteiger partial charge in [-0.2, -0.15) is 0 Å². The monoisotopic (exact) mass is 318 g/mol.